The van der Waals surface area contributed by atoms with Gasteiger partial charge in [0.2, 0.25) is 0 Å². The summed E-state index contributed by atoms with van der Waals surface area (Å²) in [6, 6.07) is 10.7. The number of hydrogen-bond acceptors (Lipinski definition) is 4. The Labute approximate surface area is 119 Å². The largest absolute Gasteiger partial charge is 0.496 e. The molecular formula is C14H12N4O3. The number of carbonyl (C=O) groups is 1. The second-order valence-corrected chi connectivity index (χ2v) is 4.28. The predicted octanol–water partition coefficient (Wildman–Crippen LogP) is 2.49. The smallest absolute Gasteiger partial charge is 0.409 e. The van der Waals surface area contributed by atoms with E-state index in [1.807, 2.05) is 24.3 Å². The van der Waals surface area contributed by atoms with Gasteiger partial charge in [-0.3, -0.25) is 5.32 Å². The van der Waals surface area contributed by atoms with E-state index in [0.29, 0.717) is 22.9 Å². The third kappa shape index (κ3) is 2.48. The van der Waals surface area contributed by atoms with Crippen LogP contribution in [-0.4, -0.2) is 32.9 Å². The molecule has 0 aliphatic heterocycles. The molecule has 0 saturated carbocycles. The van der Waals surface area contributed by atoms with Gasteiger partial charge in [-0.25, -0.2) is 14.3 Å². The zero-order valence-electron chi connectivity index (χ0n) is 11.1. The van der Waals surface area contributed by atoms with Gasteiger partial charge < -0.3 is 9.84 Å². The second kappa shape index (κ2) is 5.12. The molecule has 0 atom stereocenters. The van der Waals surface area contributed by atoms with Crippen LogP contribution in [0.1, 0.15) is 0 Å². The Morgan fingerprint density at radius 2 is 2.14 bits per heavy atom. The summed E-state index contributed by atoms with van der Waals surface area (Å²) < 4.78 is 6.87. The molecule has 0 saturated heterocycles. The van der Waals surface area contributed by atoms with Crippen molar-refractivity contribution in [2.75, 3.05) is 12.4 Å². The average Bonchev–Trinajstić information content (AvgIpc) is 2.89. The third-order valence-electron chi connectivity index (χ3n) is 2.94. The van der Waals surface area contributed by atoms with E-state index in [4.69, 9.17) is 9.84 Å². The van der Waals surface area contributed by atoms with E-state index in [1.54, 1.807) is 30.0 Å². The monoisotopic (exact) mass is 284 g/mol. The highest BCUT2D eigenvalue weighted by Gasteiger charge is 2.11. The van der Waals surface area contributed by atoms with E-state index in [2.05, 4.69) is 15.4 Å². The number of hydrogen-bond donors (Lipinski definition) is 2. The van der Waals surface area contributed by atoms with Crippen LogP contribution in [0.5, 0.6) is 5.75 Å². The summed E-state index contributed by atoms with van der Waals surface area (Å²) >= 11 is 0. The number of fused-ring (bicyclic) bond motifs is 1. The standard InChI is InChI=1S/C14H12N4O3/c1-21-11-5-3-2-4-10(11)13-16-12-8-9(15-14(19)20)6-7-18(12)17-13/h2-8,15H,1H3,(H,19,20). The van der Waals surface area contributed by atoms with Gasteiger partial charge >= 0.3 is 6.09 Å². The van der Waals surface area contributed by atoms with Crippen molar-refractivity contribution in [2.24, 2.45) is 0 Å². The number of nitrogens with zero attached hydrogens (tertiary/aromatic N) is 3. The predicted molar refractivity (Wildman–Crippen MR) is 76.6 cm³/mol. The van der Waals surface area contributed by atoms with Crippen molar-refractivity contribution in [3.63, 3.8) is 0 Å². The van der Waals surface area contributed by atoms with Crippen LogP contribution in [0.4, 0.5) is 10.5 Å². The lowest BCUT2D eigenvalue weighted by atomic mass is 10.2. The van der Waals surface area contributed by atoms with E-state index in [-0.39, 0.29) is 0 Å². The van der Waals surface area contributed by atoms with Crippen molar-refractivity contribution in [2.45, 2.75) is 0 Å². The van der Waals surface area contributed by atoms with Gasteiger partial charge in [0.25, 0.3) is 0 Å². The van der Waals surface area contributed by atoms with Gasteiger partial charge in [0.15, 0.2) is 11.5 Å². The van der Waals surface area contributed by atoms with Crippen LogP contribution < -0.4 is 10.1 Å². The van der Waals surface area contributed by atoms with Crippen molar-refractivity contribution in [1.29, 1.82) is 0 Å². The zero-order valence-corrected chi connectivity index (χ0v) is 11.1. The van der Waals surface area contributed by atoms with E-state index in [9.17, 15) is 4.79 Å². The number of amides is 1. The Hall–Kier alpha value is -3.09. The number of nitrogens with one attached hydrogen (secondary N) is 1. The molecule has 0 radical (unpaired) electrons. The van der Waals surface area contributed by atoms with E-state index in [0.717, 1.165) is 5.56 Å². The van der Waals surface area contributed by atoms with E-state index >= 15 is 0 Å². The highest BCUT2D eigenvalue weighted by molar-refractivity contribution is 5.83. The van der Waals surface area contributed by atoms with Crippen LogP contribution in [0.25, 0.3) is 17.0 Å². The first kappa shape index (κ1) is 12.9. The highest BCUT2D eigenvalue weighted by Crippen LogP contribution is 2.27. The first-order valence-electron chi connectivity index (χ1n) is 6.17. The Kier molecular flexibility index (Phi) is 3.15. The first-order chi connectivity index (χ1) is 10.2. The molecule has 1 amide bonds. The molecule has 3 rings (SSSR count). The summed E-state index contributed by atoms with van der Waals surface area (Å²) in [6.45, 7) is 0. The summed E-state index contributed by atoms with van der Waals surface area (Å²) in [4.78, 5) is 15.0. The minimum atomic E-state index is -1.12. The lowest BCUT2D eigenvalue weighted by molar-refractivity contribution is 0.210. The lowest BCUT2D eigenvalue weighted by Gasteiger charge is -2.03. The second-order valence-electron chi connectivity index (χ2n) is 4.28. The molecule has 21 heavy (non-hydrogen) atoms. The molecule has 0 aliphatic rings. The number of benzene rings is 1. The topological polar surface area (TPSA) is 88.8 Å². The molecule has 0 fully saturated rings. The summed E-state index contributed by atoms with van der Waals surface area (Å²) in [5, 5.41) is 15.4. The van der Waals surface area contributed by atoms with Gasteiger partial charge in [-0.05, 0) is 18.2 Å². The fourth-order valence-electron chi connectivity index (χ4n) is 2.03. The summed E-state index contributed by atoms with van der Waals surface area (Å²) in [6.07, 6.45) is 0.524. The minimum Gasteiger partial charge on any atom is -0.496 e. The molecule has 2 N–H and O–H groups in total. The molecular weight excluding hydrogens is 272 g/mol. The maximum absolute atomic E-state index is 10.6. The number of pyridine rings is 1. The lowest BCUT2D eigenvalue weighted by Crippen LogP contribution is -2.07. The van der Waals surface area contributed by atoms with Crippen LogP contribution in [0.15, 0.2) is 42.6 Å². The third-order valence-corrected chi connectivity index (χ3v) is 2.94. The van der Waals surface area contributed by atoms with Crippen LogP contribution >= 0.6 is 0 Å². The Balaban J connectivity index is 2.06. The van der Waals surface area contributed by atoms with Crippen LogP contribution in [0.3, 0.4) is 0 Å². The molecule has 3 aromatic rings. The first-order valence-corrected chi connectivity index (χ1v) is 6.17. The fraction of sp³-hybridized carbons (Fsp3) is 0.0714. The van der Waals surface area contributed by atoms with Gasteiger partial charge in [-0.1, -0.05) is 12.1 Å². The number of para-hydroxylation sites is 1. The molecule has 0 spiro atoms. The van der Waals surface area contributed by atoms with Gasteiger partial charge in [0, 0.05) is 18.0 Å². The highest BCUT2D eigenvalue weighted by atomic mass is 16.5. The maximum Gasteiger partial charge on any atom is 0.409 e. The van der Waals surface area contributed by atoms with Gasteiger partial charge in [0.1, 0.15) is 5.75 Å². The number of anilines is 1. The van der Waals surface area contributed by atoms with Crippen molar-refractivity contribution in [3.05, 3.63) is 42.6 Å². The summed E-state index contributed by atoms with van der Waals surface area (Å²) in [5.41, 5.74) is 1.76. The van der Waals surface area contributed by atoms with Crippen LogP contribution in [0.2, 0.25) is 0 Å². The normalized spacial score (nSPS) is 10.5. The van der Waals surface area contributed by atoms with Gasteiger partial charge in [0.05, 0.1) is 12.7 Å². The van der Waals surface area contributed by atoms with E-state index < -0.39 is 6.09 Å². The quantitative estimate of drug-likeness (QED) is 0.771. The van der Waals surface area contributed by atoms with Crippen molar-refractivity contribution in [3.8, 4) is 17.1 Å². The summed E-state index contributed by atoms with van der Waals surface area (Å²) in [7, 11) is 1.59. The minimum absolute atomic E-state index is 0.439. The molecule has 0 bridgehead atoms. The Morgan fingerprint density at radius 1 is 1.33 bits per heavy atom. The number of carboxylic acid groups (broad SMARTS) is 1. The van der Waals surface area contributed by atoms with E-state index in [1.165, 1.54) is 0 Å². The van der Waals surface area contributed by atoms with Crippen LogP contribution in [-0.2, 0) is 0 Å². The molecule has 2 heterocycles. The molecule has 1 aromatic carbocycles. The average molecular weight is 284 g/mol. The fourth-order valence-corrected chi connectivity index (χ4v) is 2.03. The zero-order chi connectivity index (χ0) is 14.8. The number of aromatic nitrogens is 3. The molecule has 7 nitrogen and oxygen atoms in total. The number of methoxy groups -OCH3 is 1. The number of ether oxygens (including phenoxy) is 1. The van der Waals surface area contributed by atoms with Crippen molar-refractivity contribution >= 4 is 17.4 Å². The number of rotatable bonds is 3. The van der Waals surface area contributed by atoms with Crippen LogP contribution in [0, 0.1) is 0 Å². The SMILES string of the molecule is COc1ccccc1-c1nc2cc(NC(=O)O)ccn2n1. The van der Waals surface area contributed by atoms with Gasteiger partial charge in [-0.2, -0.15) is 0 Å². The van der Waals surface area contributed by atoms with Gasteiger partial charge in [-0.15, -0.1) is 5.10 Å². The molecule has 0 aliphatic carbocycles. The molecule has 0 unspecified atom stereocenters. The molecule has 2 aromatic heterocycles. The molecule has 106 valence electrons. The molecule has 7 heteroatoms. The Bertz CT molecular complexity index is 813. The Morgan fingerprint density at radius 3 is 2.90 bits per heavy atom. The summed E-state index contributed by atoms with van der Waals surface area (Å²) in [5.74, 6) is 1.19. The van der Waals surface area contributed by atoms with Crippen molar-refractivity contribution < 1.29 is 14.6 Å². The van der Waals surface area contributed by atoms with Crippen molar-refractivity contribution in [1.82, 2.24) is 14.6 Å². The maximum atomic E-state index is 10.6.